The molecule has 2 nitrogen and oxygen atoms in total. The Labute approximate surface area is 102 Å². The van der Waals surface area contributed by atoms with Gasteiger partial charge in [0.25, 0.3) is 0 Å². The van der Waals surface area contributed by atoms with Crippen molar-refractivity contribution in [1.29, 1.82) is 0 Å². The summed E-state index contributed by atoms with van der Waals surface area (Å²) in [5, 5.41) is 3.56. The number of hydrogen-bond donors (Lipinski definition) is 1. The Kier molecular flexibility index (Phi) is 5.26. The van der Waals surface area contributed by atoms with Gasteiger partial charge in [0, 0.05) is 12.1 Å². The SMILES string of the molecule is CC(C)CNCC(C)CN1CCCC1(C)C. The van der Waals surface area contributed by atoms with Crippen molar-refractivity contribution in [3.63, 3.8) is 0 Å². The average Bonchev–Trinajstić information content (AvgIpc) is 2.45. The molecule has 0 amide bonds. The molecule has 1 aliphatic rings. The fourth-order valence-electron chi connectivity index (χ4n) is 2.56. The van der Waals surface area contributed by atoms with Gasteiger partial charge in [-0.05, 0) is 58.2 Å². The van der Waals surface area contributed by atoms with Gasteiger partial charge in [-0.25, -0.2) is 0 Å². The van der Waals surface area contributed by atoms with Crippen LogP contribution in [0.3, 0.4) is 0 Å². The third kappa shape index (κ3) is 4.42. The van der Waals surface area contributed by atoms with Crippen LogP contribution in [-0.4, -0.2) is 36.6 Å². The summed E-state index contributed by atoms with van der Waals surface area (Å²) in [5.41, 5.74) is 0.437. The smallest absolute Gasteiger partial charge is 0.0153 e. The molecular weight excluding hydrogens is 196 g/mol. The molecule has 1 heterocycles. The number of nitrogens with zero attached hydrogens (tertiary/aromatic N) is 1. The van der Waals surface area contributed by atoms with Crippen molar-refractivity contribution in [2.75, 3.05) is 26.2 Å². The third-order valence-corrected chi connectivity index (χ3v) is 3.65. The molecule has 0 aromatic carbocycles. The zero-order chi connectivity index (χ0) is 12.2. The van der Waals surface area contributed by atoms with E-state index in [4.69, 9.17) is 0 Å². The molecular formula is C14H30N2. The van der Waals surface area contributed by atoms with Gasteiger partial charge in [-0.15, -0.1) is 0 Å². The summed E-state index contributed by atoms with van der Waals surface area (Å²) in [6.45, 7) is 16.5. The van der Waals surface area contributed by atoms with E-state index in [2.05, 4.69) is 44.8 Å². The van der Waals surface area contributed by atoms with Crippen LogP contribution >= 0.6 is 0 Å². The van der Waals surface area contributed by atoms with E-state index < -0.39 is 0 Å². The van der Waals surface area contributed by atoms with Crippen LogP contribution in [0.2, 0.25) is 0 Å². The van der Waals surface area contributed by atoms with Crippen molar-refractivity contribution in [2.24, 2.45) is 11.8 Å². The van der Waals surface area contributed by atoms with Crippen molar-refractivity contribution >= 4 is 0 Å². The Morgan fingerprint density at radius 3 is 2.38 bits per heavy atom. The lowest BCUT2D eigenvalue weighted by molar-refractivity contribution is 0.151. The van der Waals surface area contributed by atoms with Crippen molar-refractivity contribution in [1.82, 2.24) is 10.2 Å². The van der Waals surface area contributed by atoms with Crippen LogP contribution in [0.4, 0.5) is 0 Å². The number of likely N-dealkylation sites (tertiary alicyclic amines) is 1. The average molecular weight is 226 g/mol. The highest BCUT2D eigenvalue weighted by Gasteiger charge is 2.32. The Morgan fingerprint density at radius 1 is 1.19 bits per heavy atom. The fraction of sp³-hybridized carbons (Fsp3) is 1.00. The zero-order valence-electron chi connectivity index (χ0n) is 11.8. The quantitative estimate of drug-likeness (QED) is 0.749. The van der Waals surface area contributed by atoms with E-state index in [-0.39, 0.29) is 0 Å². The molecule has 0 aromatic heterocycles. The van der Waals surface area contributed by atoms with Crippen LogP contribution in [0.25, 0.3) is 0 Å². The van der Waals surface area contributed by atoms with Crippen molar-refractivity contribution < 1.29 is 0 Å². The van der Waals surface area contributed by atoms with E-state index in [0.29, 0.717) is 5.54 Å². The molecule has 1 N–H and O–H groups in total. The first-order valence-electron chi connectivity index (χ1n) is 6.87. The van der Waals surface area contributed by atoms with Gasteiger partial charge in [-0.2, -0.15) is 0 Å². The minimum absolute atomic E-state index is 0.437. The number of nitrogens with one attached hydrogen (secondary N) is 1. The standard InChI is InChI=1S/C14H30N2/c1-12(2)9-15-10-13(3)11-16-8-6-7-14(16,4)5/h12-13,15H,6-11H2,1-5H3. The van der Waals surface area contributed by atoms with Crippen LogP contribution in [0.15, 0.2) is 0 Å². The topological polar surface area (TPSA) is 15.3 Å². The molecule has 96 valence electrons. The van der Waals surface area contributed by atoms with Crippen molar-refractivity contribution in [2.45, 2.75) is 53.0 Å². The molecule has 1 atom stereocenters. The minimum atomic E-state index is 0.437. The van der Waals surface area contributed by atoms with Crippen LogP contribution < -0.4 is 5.32 Å². The summed E-state index contributed by atoms with van der Waals surface area (Å²) in [4.78, 5) is 2.66. The first-order chi connectivity index (χ1) is 7.42. The molecule has 0 radical (unpaired) electrons. The zero-order valence-corrected chi connectivity index (χ0v) is 11.8. The lowest BCUT2D eigenvalue weighted by Gasteiger charge is -2.33. The minimum Gasteiger partial charge on any atom is -0.316 e. The van der Waals surface area contributed by atoms with Crippen LogP contribution in [0, 0.1) is 11.8 Å². The van der Waals surface area contributed by atoms with Crippen LogP contribution in [0.5, 0.6) is 0 Å². The summed E-state index contributed by atoms with van der Waals surface area (Å²) in [6.07, 6.45) is 2.73. The Bertz CT molecular complexity index is 199. The maximum absolute atomic E-state index is 3.56. The molecule has 1 saturated heterocycles. The van der Waals surface area contributed by atoms with E-state index in [9.17, 15) is 0 Å². The van der Waals surface area contributed by atoms with Gasteiger partial charge in [0.15, 0.2) is 0 Å². The van der Waals surface area contributed by atoms with E-state index >= 15 is 0 Å². The second-order valence-corrected chi connectivity index (χ2v) is 6.52. The van der Waals surface area contributed by atoms with E-state index in [1.165, 1.54) is 25.9 Å². The lowest BCUT2D eigenvalue weighted by atomic mass is 10.0. The Hall–Kier alpha value is -0.0800. The summed E-state index contributed by atoms with van der Waals surface area (Å²) < 4.78 is 0. The highest BCUT2D eigenvalue weighted by molar-refractivity contribution is 4.88. The predicted molar refractivity (Wildman–Crippen MR) is 71.8 cm³/mol. The highest BCUT2D eigenvalue weighted by Crippen LogP contribution is 2.28. The van der Waals surface area contributed by atoms with Gasteiger partial charge >= 0.3 is 0 Å². The maximum Gasteiger partial charge on any atom is 0.0153 e. The summed E-state index contributed by atoms with van der Waals surface area (Å²) >= 11 is 0. The van der Waals surface area contributed by atoms with Gasteiger partial charge in [-0.3, -0.25) is 4.90 Å². The van der Waals surface area contributed by atoms with Crippen molar-refractivity contribution in [3.05, 3.63) is 0 Å². The molecule has 1 aliphatic heterocycles. The number of hydrogen-bond acceptors (Lipinski definition) is 2. The molecule has 0 aliphatic carbocycles. The Balaban J connectivity index is 2.21. The van der Waals surface area contributed by atoms with Crippen LogP contribution in [0.1, 0.15) is 47.5 Å². The van der Waals surface area contributed by atoms with Gasteiger partial charge in [0.2, 0.25) is 0 Å². The first kappa shape index (κ1) is 14.0. The van der Waals surface area contributed by atoms with Gasteiger partial charge in [-0.1, -0.05) is 20.8 Å². The van der Waals surface area contributed by atoms with Gasteiger partial charge < -0.3 is 5.32 Å². The second kappa shape index (κ2) is 6.02. The maximum atomic E-state index is 3.56. The fourth-order valence-corrected chi connectivity index (χ4v) is 2.56. The summed E-state index contributed by atoms with van der Waals surface area (Å²) in [7, 11) is 0. The molecule has 1 rings (SSSR count). The molecule has 1 fully saturated rings. The molecule has 16 heavy (non-hydrogen) atoms. The molecule has 2 heteroatoms. The first-order valence-corrected chi connectivity index (χ1v) is 6.87. The molecule has 0 spiro atoms. The molecule has 0 saturated carbocycles. The van der Waals surface area contributed by atoms with E-state index in [1.54, 1.807) is 0 Å². The van der Waals surface area contributed by atoms with Crippen molar-refractivity contribution in [3.8, 4) is 0 Å². The normalized spacial score (nSPS) is 22.9. The monoisotopic (exact) mass is 226 g/mol. The van der Waals surface area contributed by atoms with Gasteiger partial charge in [0.05, 0.1) is 0 Å². The highest BCUT2D eigenvalue weighted by atomic mass is 15.2. The van der Waals surface area contributed by atoms with E-state index in [0.717, 1.165) is 24.9 Å². The van der Waals surface area contributed by atoms with Gasteiger partial charge in [0.1, 0.15) is 0 Å². The Morgan fingerprint density at radius 2 is 1.88 bits per heavy atom. The molecule has 1 unspecified atom stereocenters. The largest absolute Gasteiger partial charge is 0.316 e. The predicted octanol–water partition coefficient (Wildman–Crippen LogP) is 2.74. The van der Waals surface area contributed by atoms with E-state index in [1.807, 2.05) is 0 Å². The summed E-state index contributed by atoms with van der Waals surface area (Å²) in [6, 6.07) is 0. The molecule has 0 aromatic rings. The lowest BCUT2D eigenvalue weighted by Crippen LogP contribution is -2.42. The van der Waals surface area contributed by atoms with Crippen LogP contribution in [-0.2, 0) is 0 Å². The molecule has 0 bridgehead atoms. The summed E-state index contributed by atoms with van der Waals surface area (Å²) in [5.74, 6) is 1.52. The number of rotatable bonds is 6. The third-order valence-electron chi connectivity index (χ3n) is 3.65. The second-order valence-electron chi connectivity index (χ2n) is 6.52.